The van der Waals surface area contributed by atoms with Crippen molar-refractivity contribution in [3.8, 4) is 11.1 Å². The summed E-state index contributed by atoms with van der Waals surface area (Å²) in [4.78, 5) is 11.0. The molecule has 1 aromatic carbocycles. The highest BCUT2D eigenvalue weighted by atomic mass is 16.5. The van der Waals surface area contributed by atoms with Gasteiger partial charge >= 0.3 is 5.97 Å². The maximum Gasteiger partial charge on any atom is 0.335 e. The summed E-state index contributed by atoms with van der Waals surface area (Å²) in [6.07, 6.45) is 12.8. The number of hydrogen-bond donors (Lipinski definition) is 1. The van der Waals surface area contributed by atoms with Gasteiger partial charge < -0.3 is 14.4 Å². The van der Waals surface area contributed by atoms with Crippen LogP contribution < -0.4 is 0 Å². The number of carbonyl (C=O) groups is 1. The third kappa shape index (κ3) is 2.18. The maximum atomic E-state index is 11.0. The number of carboxylic acid groups (broad SMARTS) is 1. The van der Waals surface area contributed by atoms with Crippen LogP contribution in [0, 0.1) is 5.92 Å². The summed E-state index contributed by atoms with van der Waals surface area (Å²) in [5.41, 5.74) is 2.30. The van der Waals surface area contributed by atoms with Crippen molar-refractivity contribution in [2.45, 2.75) is 18.4 Å². The predicted molar refractivity (Wildman–Crippen MR) is 91.8 cm³/mol. The zero-order chi connectivity index (χ0) is 16.7. The van der Waals surface area contributed by atoms with Gasteiger partial charge in [-0.2, -0.15) is 0 Å². The Balaban J connectivity index is 1.68. The lowest BCUT2D eigenvalue weighted by atomic mass is 10.1. The molecule has 0 radical (unpaired) electrons. The molecule has 4 rings (SSSR count). The van der Waals surface area contributed by atoms with Gasteiger partial charge in [0.25, 0.3) is 0 Å². The van der Waals surface area contributed by atoms with Crippen molar-refractivity contribution in [3.63, 3.8) is 0 Å². The highest BCUT2D eigenvalue weighted by Crippen LogP contribution is 2.57. The van der Waals surface area contributed by atoms with Crippen LogP contribution in [0.1, 0.15) is 23.2 Å². The van der Waals surface area contributed by atoms with E-state index in [1.54, 1.807) is 19.2 Å². The number of ether oxygens (including phenoxy) is 1. The average molecular weight is 321 g/mol. The standard InChI is InChI=1S/C20H19NO3/c1-24-18-5-3-2-4-17-12-20(17,18)21-11-10-16(13-21)14-6-8-15(9-7-14)19(22)23/h2,4-11,13,17H,3,12H2,1H3,(H,22,23). The first-order chi connectivity index (χ1) is 11.6. The topological polar surface area (TPSA) is 51.5 Å². The van der Waals surface area contributed by atoms with Gasteiger partial charge in [0.1, 0.15) is 11.3 Å². The molecule has 1 N–H and O–H groups in total. The van der Waals surface area contributed by atoms with Gasteiger partial charge in [-0.15, -0.1) is 0 Å². The molecule has 2 aliphatic rings. The van der Waals surface area contributed by atoms with Crippen LogP contribution >= 0.6 is 0 Å². The fourth-order valence-corrected chi connectivity index (χ4v) is 3.69. The monoisotopic (exact) mass is 321 g/mol. The second kappa shape index (κ2) is 5.41. The van der Waals surface area contributed by atoms with Crippen molar-refractivity contribution in [1.82, 2.24) is 4.57 Å². The maximum absolute atomic E-state index is 11.0. The summed E-state index contributed by atoms with van der Waals surface area (Å²) in [5.74, 6) is 0.598. The zero-order valence-corrected chi connectivity index (χ0v) is 13.5. The Morgan fingerprint density at radius 3 is 2.75 bits per heavy atom. The van der Waals surface area contributed by atoms with Crippen molar-refractivity contribution in [3.05, 3.63) is 72.3 Å². The molecule has 2 unspecified atom stereocenters. The van der Waals surface area contributed by atoms with Crippen LogP contribution in [0.25, 0.3) is 11.1 Å². The van der Waals surface area contributed by atoms with Crippen molar-refractivity contribution in [2.75, 3.05) is 7.11 Å². The molecule has 1 saturated carbocycles. The second-order valence-electron chi connectivity index (χ2n) is 6.36. The van der Waals surface area contributed by atoms with E-state index in [1.807, 2.05) is 12.1 Å². The Labute approximate surface area is 140 Å². The van der Waals surface area contributed by atoms with Crippen LogP contribution in [0.2, 0.25) is 0 Å². The summed E-state index contributed by atoms with van der Waals surface area (Å²) in [7, 11) is 1.74. The number of methoxy groups -OCH3 is 1. The van der Waals surface area contributed by atoms with E-state index in [4.69, 9.17) is 9.84 Å². The molecule has 0 saturated heterocycles. The Kier molecular flexibility index (Phi) is 3.34. The first-order valence-electron chi connectivity index (χ1n) is 8.08. The molecule has 0 amide bonds. The number of nitrogens with zero attached hydrogens (tertiary/aromatic N) is 1. The third-order valence-electron chi connectivity index (χ3n) is 5.06. The Morgan fingerprint density at radius 1 is 1.25 bits per heavy atom. The molecule has 2 aliphatic carbocycles. The Hall–Kier alpha value is -2.75. The highest BCUT2D eigenvalue weighted by Gasteiger charge is 2.58. The molecule has 0 aliphatic heterocycles. The minimum absolute atomic E-state index is 0.0962. The van der Waals surface area contributed by atoms with E-state index < -0.39 is 5.97 Å². The number of aromatic carboxylic acids is 1. The minimum atomic E-state index is -0.904. The number of carboxylic acids is 1. The smallest absolute Gasteiger partial charge is 0.335 e. The number of aromatic nitrogens is 1. The molecule has 2 aromatic rings. The second-order valence-corrected chi connectivity index (χ2v) is 6.36. The van der Waals surface area contributed by atoms with Crippen molar-refractivity contribution < 1.29 is 14.6 Å². The Bertz CT molecular complexity index is 844. The summed E-state index contributed by atoms with van der Waals surface area (Å²) in [5, 5.41) is 9.01. The van der Waals surface area contributed by atoms with Crippen molar-refractivity contribution in [1.29, 1.82) is 0 Å². The van der Waals surface area contributed by atoms with Crippen LogP contribution in [-0.2, 0) is 10.3 Å². The van der Waals surface area contributed by atoms with E-state index in [1.165, 1.54) is 0 Å². The van der Waals surface area contributed by atoms with Gasteiger partial charge in [-0.25, -0.2) is 4.79 Å². The van der Waals surface area contributed by atoms with Crippen molar-refractivity contribution >= 4 is 5.97 Å². The first-order valence-corrected chi connectivity index (χ1v) is 8.08. The molecule has 4 nitrogen and oxygen atoms in total. The molecule has 4 heteroatoms. The zero-order valence-electron chi connectivity index (χ0n) is 13.5. The van der Waals surface area contributed by atoms with Crippen LogP contribution in [0.5, 0.6) is 0 Å². The lowest BCUT2D eigenvalue weighted by Gasteiger charge is -2.21. The lowest BCUT2D eigenvalue weighted by molar-refractivity contribution is 0.0697. The predicted octanol–water partition coefficient (Wildman–Crippen LogP) is 4.06. The molecule has 2 atom stereocenters. The Morgan fingerprint density at radius 2 is 2.04 bits per heavy atom. The van der Waals surface area contributed by atoms with Crippen LogP contribution in [0.15, 0.2) is 66.7 Å². The molecule has 0 spiro atoms. The van der Waals surface area contributed by atoms with Crippen molar-refractivity contribution in [2.24, 2.45) is 5.92 Å². The van der Waals surface area contributed by atoms with E-state index in [0.717, 1.165) is 29.7 Å². The molecule has 1 fully saturated rings. The quantitative estimate of drug-likeness (QED) is 0.864. The van der Waals surface area contributed by atoms with Gasteiger partial charge in [-0.05, 0) is 48.2 Å². The van der Waals surface area contributed by atoms with E-state index in [-0.39, 0.29) is 5.54 Å². The summed E-state index contributed by atoms with van der Waals surface area (Å²) < 4.78 is 7.91. The number of fused-ring (bicyclic) bond motifs is 1. The van der Waals surface area contributed by atoms with Crippen LogP contribution in [0.3, 0.4) is 0 Å². The van der Waals surface area contributed by atoms with E-state index in [2.05, 4.69) is 41.3 Å². The van der Waals surface area contributed by atoms with Gasteiger partial charge in [0.2, 0.25) is 0 Å². The van der Waals surface area contributed by atoms with E-state index in [0.29, 0.717) is 11.5 Å². The normalized spacial score (nSPS) is 24.7. The third-order valence-corrected chi connectivity index (χ3v) is 5.06. The molecular weight excluding hydrogens is 302 g/mol. The van der Waals surface area contributed by atoms with Gasteiger partial charge in [0.15, 0.2) is 0 Å². The molecule has 0 bridgehead atoms. The summed E-state index contributed by atoms with van der Waals surface area (Å²) >= 11 is 0. The van der Waals surface area contributed by atoms with E-state index >= 15 is 0 Å². The molecule has 122 valence electrons. The minimum Gasteiger partial charge on any atom is -0.499 e. The summed E-state index contributed by atoms with van der Waals surface area (Å²) in [6.45, 7) is 0. The molecule has 1 heterocycles. The SMILES string of the molecule is COC1=CCC=CC2CC12n1ccc(-c2ccc(C(=O)O)cc2)c1. The highest BCUT2D eigenvalue weighted by molar-refractivity contribution is 5.88. The van der Waals surface area contributed by atoms with E-state index in [9.17, 15) is 4.79 Å². The lowest BCUT2D eigenvalue weighted by Crippen LogP contribution is -2.21. The molecule has 1 aromatic heterocycles. The number of allylic oxidation sites excluding steroid dienone is 4. The fraction of sp³-hybridized carbons (Fsp3) is 0.250. The number of rotatable bonds is 4. The first kappa shape index (κ1) is 14.8. The average Bonchev–Trinajstić information content (AvgIpc) is 3.14. The van der Waals surface area contributed by atoms with Gasteiger partial charge in [-0.1, -0.05) is 24.3 Å². The largest absolute Gasteiger partial charge is 0.499 e. The molecular formula is C20H19NO3. The summed E-state index contributed by atoms with van der Waals surface area (Å²) in [6, 6.07) is 9.06. The van der Waals surface area contributed by atoms with Gasteiger partial charge in [-0.3, -0.25) is 0 Å². The van der Waals surface area contributed by atoms with Gasteiger partial charge in [0.05, 0.1) is 12.7 Å². The van der Waals surface area contributed by atoms with Crippen LogP contribution in [-0.4, -0.2) is 22.8 Å². The van der Waals surface area contributed by atoms with Gasteiger partial charge in [0, 0.05) is 18.3 Å². The number of benzene rings is 1. The van der Waals surface area contributed by atoms with Crippen LogP contribution in [0.4, 0.5) is 0 Å². The molecule has 24 heavy (non-hydrogen) atoms. The number of hydrogen-bond acceptors (Lipinski definition) is 2. The fourth-order valence-electron chi connectivity index (χ4n) is 3.69.